The zero-order chi connectivity index (χ0) is 26.1. The van der Waals surface area contributed by atoms with E-state index in [1.165, 1.54) is 0 Å². The minimum absolute atomic E-state index is 0.0549. The molecule has 4 rings (SSSR count). The van der Waals surface area contributed by atoms with Gasteiger partial charge in [0.15, 0.2) is 5.60 Å². The van der Waals surface area contributed by atoms with Gasteiger partial charge in [-0.2, -0.15) is 0 Å². The number of rotatable bonds is 10. The average Bonchev–Trinajstić information content (AvgIpc) is 2.87. The third-order valence-corrected chi connectivity index (χ3v) is 6.88. The Bertz CT molecular complexity index is 879. The zero-order valence-electron chi connectivity index (χ0n) is 20.4. The van der Waals surface area contributed by atoms with Gasteiger partial charge in [0.2, 0.25) is 6.29 Å². The second kappa shape index (κ2) is 13.4. The van der Waals surface area contributed by atoms with E-state index in [9.17, 15) is 30.6 Å². The number of allylic oxidation sites excluding steroid dienone is 1. The summed E-state index contributed by atoms with van der Waals surface area (Å²) < 4.78 is 17.8. The fourth-order valence-corrected chi connectivity index (χ4v) is 4.82. The molecule has 3 aliphatic rings. The molecule has 2 bridgehead atoms. The first-order valence-electron chi connectivity index (χ1n) is 12.5. The van der Waals surface area contributed by atoms with Crippen molar-refractivity contribution in [2.45, 2.75) is 87.4 Å². The van der Waals surface area contributed by atoms with Gasteiger partial charge in [0.25, 0.3) is 0 Å². The summed E-state index contributed by atoms with van der Waals surface area (Å²) in [6, 6.07) is 7.11. The van der Waals surface area contributed by atoms with Crippen LogP contribution in [0.25, 0.3) is 0 Å². The maximum absolute atomic E-state index is 11.8. The standard InChI is InChI=1S/C27H38O9/c1-2-6-18-10-12-20(13-11-18)35-26-27(33)17-19(7-3-14-28)21(30)8-5-16-34-22(9-4-15-29)24(36-26)23(31)25(27)32/h2,10-13,19,21-26,28-33H,1,3-4,6-9,14-15,17H2/t19?,21?,22-,23?,24+,25-,26+,27-/m0/s1. The van der Waals surface area contributed by atoms with Crippen molar-refractivity contribution in [1.82, 2.24) is 0 Å². The summed E-state index contributed by atoms with van der Waals surface area (Å²) in [6.45, 7) is 3.50. The SMILES string of the molecule is C=CCc1ccc(O[C@@H]2O[C@H]3C(O)[C@H](O)[C@@]2(O)CC(CCCO)C(O)CC#CO[C@H]3CCCO)cc1. The van der Waals surface area contributed by atoms with Gasteiger partial charge in [-0.25, -0.2) is 0 Å². The van der Waals surface area contributed by atoms with E-state index in [-0.39, 0.29) is 32.5 Å². The fourth-order valence-electron chi connectivity index (χ4n) is 4.82. The molecule has 0 aromatic heterocycles. The molecule has 1 aromatic carbocycles. The highest BCUT2D eigenvalue weighted by Crippen LogP contribution is 2.40. The summed E-state index contributed by atoms with van der Waals surface area (Å²) in [4.78, 5) is 0. The van der Waals surface area contributed by atoms with Crippen molar-refractivity contribution in [2.75, 3.05) is 13.2 Å². The van der Waals surface area contributed by atoms with Crippen molar-refractivity contribution < 1.29 is 44.8 Å². The molecule has 0 radical (unpaired) electrons. The molecule has 36 heavy (non-hydrogen) atoms. The molecule has 3 aliphatic heterocycles. The lowest BCUT2D eigenvalue weighted by molar-refractivity contribution is -0.333. The molecule has 6 N–H and O–H groups in total. The molecule has 1 saturated heterocycles. The van der Waals surface area contributed by atoms with Crippen LogP contribution in [0.4, 0.5) is 0 Å². The van der Waals surface area contributed by atoms with Crippen molar-refractivity contribution in [3.05, 3.63) is 42.5 Å². The molecular formula is C27H38O9. The highest BCUT2D eigenvalue weighted by molar-refractivity contribution is 5.29. The molecule has 3 heterocycles. The second-order valence-electron chi connectivity index (χ2n) is 9.52. The number of aliphatic hydroxyl groups is 6. The van der Waals surface area contributed by atoms with Crippen LogP contribution in [0.3, 0.4) is 0 Å². The molecule has 8 atom stereocenters. The Kier molecular flexibility index (Phi) is 10.6. The Hall–Kier alpha value is -2.16. The summed E-state index contributed by atoms with van der Waals surface area (Å²) in [7, 11) is 0. The van der Waals surface area contributed by atoms with Gasteiger partial charge in [0.1, 0.15) is 36.3 Å². The van der Waals surface area contributed by atoms with Crippen LogP contribution in [0.1, 0.15) is 44.1 Å². The Labute approximate surface area is 211 Å². The lowest BCUT2D eigenvalue weighted by Gasteiger charge is -2.50. The molecule has 9 nitrogen and oxygen atoms in total. The van der Waals surface area contributed by atoms with Gasteiger partial charge in [-0.3, -0.25) is 0 Å². The molecule has 0 saturated carbocycles. The van der Waals surface area contributed by atoms with Gasteiger partial charge in [0, 0.05) is 19.6 Å². The Morgan fingerprint density at radius 2 is 1.78 bits per heavy atom. The van der Waals surface area contributed by atoms with Crippen LogP contribution >= 0.6 is 0 Å². The highest BCUT2D eigenvalue weighted by atomic mass is 16.7. The Morgan fingerprint density at radius 3 is 2.44 bits per heavy atom. The van der Waals surface area contributed by atoms with Gasteiger partial charge >= 0.3 is 0 Å². The summed E-state index contributed by atoms with van der Waals surface area (Å²) in [5.41, 5.74) is -1.08. The van der Waals surface area contributed by atoms with E-state index in [4.69, 9.17) is 14.2 Å². The quantitative estimate of drug-likeness (QED) is 0.198. The number of hydrogen-bond donors (Lipinski definition) is 6. The second-order valence-corrected chi connectivity index (χ2v) is 9.52. The van der Waals surface area contributed by atoms with Crippen LogP contribution in [-0.2, 0) is 15.9 Å². The maximum atomic E-state index is 11.8. The number of fused-ring (bicyclic) bond motifs is 8. The first-order valence-corrected chi connectivity index (χ1v) is 12.5. The monoisotopic (exact) mass is 506 g/mol. The first-order chi connectivity index (χ1) is 17.3. The maximum Gasteiger partial charge on any atom is 0.232 e. The van der Waals surface area contributed by atoms with Crippen LogP contribution in [0.2, 0.25) is 0 Å². The molecule has 1 fully saturated rings. The van der Waals surface area contributed by atoms with E-state index in [0.717, 1.165) is 5.56 Å². The smallest absolute Gasteiger partial charge is 0.232 e. The molecule has 3 unspecified atom stereocenters. The van der Waals surface area contributed by atoms with Crippen LogP contribution < -0.4 is 4.74 Å². The van der Waals surface area contributed by atoms with Crippen molar-refractivity contribution >= 4 is 0 Å². The van der Waals surface area contributed by atoms with Crippen molar-refractivity contribution in [1.29, 1.82) is 0 Å². The van der Waals surface area contributed by atoms with E-state index < -0.39 is 48.3 Å². The molecule has 200 valence electrons. The molecule has 0 aliphatic carbocycles. The minimum atomic E-state index is -2.09. The van der Waals surface area contributed by atoms with Gasteiger partial charge in [-0.1, -0.05) is 24.1 Å². The van der Waals surface area contributed by atoms with E-state index in [1.54, 1.807) is 18.2 Å². The van der Waals surface area contributed by atoms with E-state index >= 15 is 0 Å². The van der Waals surface area contributed by atoms with Crippen molar-refractivity contribution in [3.8, 4) is 17.8 Å². The number of aliphatic hydroxyl groups excluding tert-OH is 5. The summed E-state index contributed by atoms with van der Waals surface area (Å²) in [5, 5.41) is 63.5. The van der Waals surface area contributed by atoms with E-state index in [1.807, 2.05) is 12.1 Å². The fraction of sp³-hybridized carbons (Fsp3) is 0.630. The molecule has 1 aromatic rings. The predicted octanol–water partition coefficient (Wildman–Crippen LogP) is 0.634. The summed E-state index contributed by atoms with van der Waals surface area (Å²) in [6.07, 6.45) is -1.39. The largest absolute Gasteiger partial charge is 0.462 e. The normalized spacial score (nSPS) is 34.4. The number of benzene rings is 1. The zero-order valence-corrected chi connectivity index (χ0v) is 20.4. The third kappa shape index (κ3) is 6.78. The average molecular weight is 507 g/mol. The van der Waals surface area contributed by atoms with Crippen LogP contribution in [-0.4, -0.2) is 86.3 Å². The molecule has 9 heteroatoms. The predicted molar refractivity (Wildman–Crippen MR) is 131 cm³/mol. The molecular weight excluding hydrogens is 468 g/mol. The number of hydrogen-bond acceptors (Lipinski definition) is 9. The summed E-state index contributed by atoms with van der Waals surface area (Å²) in [5.74, 6) is 2.56. The Balaban J connectivity index is 1.99. The minimum Gasteiger partial charge on any atom is -0.462 e. The number of ether oxygens (including phenoxy) is 3. The first kappa shape index (κ1) is 28.4. The van der Waals surface area contributed by atoms with Crippen molar-refractivity contribution in [3.63, 3.8) is 0 Å². The Morgan fingerprint density at radius 1 is 1.08 bits per heavy atom. The molecule has 0 amide bonds. The third-order valence-electron chi connectivity index (χ3n) is 6.88. The van der Waals surface area contributed by atoms with Gasteiger partial charge < -0.3 is 44.8 Å². The van der Waals surface area contributed by atoms with Gasteiger partial charge in [-0.05, 0) is 62.1 Å². The molecule has 0 spiro atoms. The van der Waals surface area contributed by atoms with Gasteiger partial charge in [0.05, 0.1) is 6.10 Å². The lowest BCUT2D eigenvalue weighted by atomic mass is 9.75. The van der Waals surface area contributed by atoms with Crippen LogP contribution in [0.5, 0.6) is 5.75 Å². The topological polar surface area (TPSA) is 149 Å². The highest BCUT2D eigenvalue weighted by Gasteiger charge is 2.59. The van der Waals surface area contributed by atoms with E-state index in [0.29, 0.717) is 31.4 Å². The summed E-state index contributed by atoms with van der Waals surface area (Å²) >= 11 is 0. The van der Waals surface area contributed by atoms with Gasteiger partial charge in [-0.15, -0.1) is 6.58 Å². The van der Waals surface area contributed by atoms with Crippen LogP contribution in [0.15, 0.2) is 36.9 Å². The van der Waals surface area contributed by atoms with Crippen LogP contribution in [0, 0.1) is 17.9 Å². The van der Waals surface area contributed by atoms with E-state index in [2.05, 4.69) is 18.6 Å². The lowest BCUT2D eigenvalue weighted by Crippen LogP contribution is -2.70. The van der Waals surface area contributed by atoms with Crippen molar-refractivity contribution in [2.24, 2.45) is 5.92 Å².